The Balaban J connectivity index is 1.67. The molecule has 4 heteroatoms. The van der Waals surface area contributed by atoms with Crippen molar-refractivity contribution in [2.24, 2.45) is 11.8 Å². The van der Waals surface area contributed by atoms with Crippen LogP contribution in [0.15, 0.2) is 0 Å². The predicted octanol–water partition coefficient (Wildman–Crippen LogP) is 1.77. The summed E-state index contributed by atoms with van der Waals surface area (Å²) in [4.78, 5) is 10.9. The van der Waals surface area contributed by atoms with Gasteiger partial charge in [-0.2, -0.15) is 0 Å². The Bertz CT molecular complexity index is 279. The van der Waals surface area contributed by atoms with E-state index < -0.39 is 11.6 Å². The Hall–Kier alpha value is -0.610. The maximum atomic E-state index is 10.9. The number of aliphatic carboxylic acids is 1. The molecule has 2 fully saturated rings. The first-order valence-electron chi connectivity index (χ1n) is 7.25. The van der Waals surface area contributed by atoms with Crippen LogP contribution in [0, 0.1) is 11.8 Å². The summed E-state index contributed by atoms with van der Waals surface area (Å²) in [5.41, 5.74) is -0.676. The number of carboxylic acids is 1. The van der Waals surface area contributed by atoms with Crippen LogP contribution in [0.1, 0.15) is 51.4 Å². The van der Waals surface area contributed by atoms with E-state index in [4.69, 9.17) is 5.11 Å². The summed E-state index contributed by atoms with van der Waals surface area (Å²) in [6.07, 6.45) is 7.75. The van der Waals surface area contributed by atoms with Crippen molar-refractivity contribution in [3.63, 3.8) is 0 Å². The lowest BCUT2D eigenvalue weighted by molar-refractivity contribution is -0.144. The molecule has 2 aliphatic carbocycles. The second-order valence-electron chi connectivity index (χ2n) is 6.12. The first-order valence-corrected chi connectivity index (χ1v) is 7.25. The summed E-state index contributed by atoms with van der Waals surface area (Å²) in [5, 5.41) is 22.7. The van der Waals surface area contributed by atoms with Crippen molar-refractivity contribution in [1.29, 1.82) is 0 Å². The van der Waals surface area contributed by atoms with Gasteiger partial charge in [-0.05, 0) is 51.0 Å². The van der Waals surface area contributed by atoms with Gasteiger partial charge in [-0.3, -0.25) is 4.79 Å². The second kappa shape index (κ2) is 6.02. The SMILES string of the molecule is O=C(O)C1CCC(O)(CNCC2CCCC2)CC1. The zero-order chi connectivity index (χ0) is 13.0. The lowest BCUT2D eigenvalue weighted by Gasteiger charge is -2.35. The molecule has 4 nitrogen and oxygen atoms in total. The minimum absolute atomic E-state index is 0.250. The number of aliphatic hydroxyl groups is 1. The summed E-state index contributed by atoms with van der Waals surface area (Å²) in [6.45, 7) is 1.63. The van der Waals surface area contributed by atoms with Gasteiger partial charge in [0.25, 0.3) is 0 Å². The molecular formula is C14H25NO3. The van der Waals surface area contributed by atoms with Gasteiger partial charge >= 0.3 is 5.97 Å². The largest absolute Gasteiger partial charge is 0.481 e. The van der Waals surface area contributed by atoms with E-state index in [2.05, 4.69) is 5.32 Å². The monoisotopic (exact) mass is 255 g/mol. The van der Waals surface area contributed by atoms with Crippen LogP contribution < -0.4 is 5.32 Å². The van der Waals surface area contributed by atoms with Gasteiger partial charge in [0.2, 0.25) is 0 Å². The van der Waals surface area contributed by atoms with Crippen molar-refractivity contribution in [3.05, 3.63) is 0 Å². The molecule has 0 amide bonds. The van der Waals surface area contributed by atoms with E-state index in [1.54, 1.807) is 0 Å². The quantitative estimate of drug-likeness (QED) is 0.700. The van der Waals surface area contributed by atoms with Crippen LogP contribution in [0.25, 0.3) is 0 Å². The van der Waals surface area contributed by atoms with E-state index >= 15 is 0 Å². The average molecular weight is 255 g/mol. The van der Waals surface area contributed by atoms with Crippen LogP contribution in [0.2, 0.25) is 0 Å². The number of rotatable bonds is 5. The minimum atomic E-state index is -0.712. The number of carboxylic acid groups (broad SMARTS) is 1. The Kier molecular flexibility index (Phi) is 4.62. The van der Waals surface area contributed by atoms with Gasteiger partial charge in [0.15, 0.2) is 0 Å². The average Bonchev–Trinajstić information content (AvgIpc) is 2.82. The van der Waals surface area contributed by atoms with Crippen molar-refractivity contribution in [2.45, 2.75) is 57.0 Å². The molecule has 0 aliphatic heterocycles. The maximum Gasteiger partial charge on any atom is 0.306 e. The van der Waals surface area contributed by atoms with Gasteiger partial charge in [-0.1, -0.05) is 12.8 Å². The second-order valence-corrected chi connectivity index (χ2v) is 6.12. The van der Waals surface area contributed by atoms with Gasteiger partial charge in [-0.25, -0.2) is 0 Å². The summed E-state index contributed by atoms with van der Waals surface area (Å²) < 4.78 is 0. The molecule has 18 heavy (non-hydrogen) atoms. The highest BCUT2D eigenvalue weighted by molar-refractivity contribution is 5.70. The van der Waals surface area contributed by atoms with E-state index in [-0.39, 0.29) is 5.92 Å². The third kappa shape index (κ3) is 3.69. The van der Waals surface area contributed by atoms with Crippen molar-refractivity contribution in [1.82, 2.24) is 5.32 Å². The van der Waals surface area contributed by atoms with E-state index in [1.807, 2.05) is 0 Å². The number of nitrogens with one attached hydrogen (secondary N) is 1. The molecule has 3 N–H and O–H groups in total. The fourth-order valence-corrected chi connectivity index (χ4v) is 3.30. The third-order valence-electron chi connectivity index (χ3n) is 4.63. The maximum absolute atomic E-state index is 10.9. The zero-order valence-corrected chi connectivity index (χ0v) is 11.0. The first kappa shape index (κ1) is 13.8. The molecule has 0 radical (unpaired) electrons. The fraction of sp³-hybridized carbons (Fsp3) is 0.929. The molecule has 2 aliphatic rings. The molecule has 0 saturated heterocycles. The van der Waals surface area contributed by atoms with Gasteiger partial charge in [0, 0.05) is 6.54 Å². The van der Waals surface area contributed by atoms with Crippen LogP contribution in [0.3, 0.4) is 0 Å². The predicted molar refractivity (Wildman–Crippen MR) is 69.4 cm³/mol. The molecule has 0 heterocycles. The summed E-state index contributed by atoms with van der Waals surface area (Å²) >= 11 is 0. The van der Waals surface area contributed by atoms with E-state index in [1.165, 1.54) is 25.7 Å². The van der Waals surface area contributed by atoms with Gasteiger partial charge in [0.1, 0.15) is 0 Å². The molecular weight excluding hydrogens is 230 g/mol. The highest BCUT2D eigenvalue weighted by atomic mass is 16.4. The summed E-state index contributed by atoms with van der Waals surface area (Å²) in [5.74, 6) is -0.181. The molecule has 0 aromatic carbocycles. The molecule has 2 rings (SSSR count). The van der Waals surface area contributed by atoms with E-state index in [9.17, 15) is 9.90 Å². The topological polar surface area (TPSA) is 69.6 Å². The Morgan fingerprint density at radius 1 is 1.17 bits per heavy atom. The normalized spacial score (nSPS) is 33.7. The van der Waals surface area contributed by atoms with Crippen LogP contribution in [0.5, 0.6) is 0 Å². The molecule has 0 atom stereocenters. The summed E-state index contributed by atoms with van der Waals surface area (Å²) in [6, 6.07) is 0. The number of hydrogen-bond donors (Lipinski definition) is 3. The van der Waals surface area contributed by atoms with Crippen LogP contribution in [0.4, 0.5) is 0 Å². The van der Waals surface area contributed by atoms with E-state index in [0.717, 1.165) is 12.5 Å². The van der Waals surface area contributed by atoms with Crippen LogP contribution >= 0.6 is 0 Å². The Labute approximate surface area is 109 Å². The molecule has 104 valence electrons. The molecule has 0 spiro atoms. The highest BCUT2D eigenvalue weighted by Gasteiger charge is 2.35. The Morgan fingerprint density at radius 2 is 1.78 bits per heavy atom. The lowest BCUT2D eigenvalue weighted by Crippen LogP contribution is -2.45. The van der Waals surface area contributed by atoms with Gasteiger partial charge in [-0.15, -0.1) is 0 Å². The first-order chi connectivity index (χ1) is 8.59. The zero-order valence-electron chi connectivity index (χ0n) is 11.0. The standard InChI is InChI=1S/C14H25NO3/c16-13(17)12-5-7-14(18,8-6-12)10-15-9-11-3-1-2-4-11/h11-12,15,18H,1-10H2,(H,16,17). The van der Waals surface area contributed by atoms with Crippen molar-refractivity contribution >= 4 is 5.97 Å². The van der Waals surface area contributed by atoms with Crippen LogP contribution in [-0.2, 0) is 4.79 Å². The van der Waals surface area contributed by atoms with Crippen molar-refractivity contribution in [2.75, 3.05) is 13.1 Å². The van der Waals surface area contributed by atoms with Crippen molar-refractivity contribution < 1.29 is 15.0 Å². The third-order valence-corrected chi connectivity index (χ3v) is 4.63. The smallest absolute Gasteiger partial charge is 0.306 e. The minimum Gasteiger partial charge on any atom is -0.481 e. The summed E-state index contributed by atoms with van der Waals surface area (Å²) in [7, 11) is 0. The highest BCUT2D eigenvalue weighted by Crippen LogP contribution is 2.32. The molecule has 0 bridgehead atoms. The van der Waals surface area contributed by atoms with Gasteiger partial charge < -0.3 is 15.5 Å². The van der Waals surface area contributed by atoms with Gasteiger partial charge in [0.05, 0.1) is 11.5 Å². The molecule has 0 aromatic heterocycles. The molecule has 0 aromatic rings. The van der Waals surface area contributed by atoms with E-state index in [0.29, 0.717) is 32.2 Å². The fourth-order valence-electron chi connectivity index (χ4n) is 3.30. The lowest BCUT2D eigenvalue weighted by atomic mass is 9.79. The number of carbonyl (C=O) groups is 1. The van der Waals surface area contributed by atoms with Crippen molar-refractivity contribution in [3.8, 4) is 0 Å². The Morgan fingerprint density at radius 3 is 2.33 bits per heavy atom. The number of hydrogen-bond acceptors (Lipinski definition) is 3. The molecule has 0 unspecified atom stereocenters. The molecule has 2 saturated carbocycles. The van der Waals surface area contributed by atoms with Crippen LogP contribution in [-0.4, -0.2) is 34.9 Å².